The number of para-hydroxylation sites is 1. The molecule has 20 heavy (non-hydrogen) atoms. The van der Waals surface area contributed by atoms with Gasteiger partial charge in [0.1, 0.15) is 11.3 Å². The Bertz CT molecular complexity index is 559. The molecule has 0 saturated heterocycles. The van der Waals surface area contributed by atoms with E-state index in [1.54, 1.807) is 0 Å². The van der Waals surface area contributed by atoms with E-state index in [1.165, 1.54) is 5.56 Å². The molecule has 0 saturated carbocycles. The molecule has 3 nitrogen and oxygen atoms in total. The highest BCUT2D eigenvalue weighted by Crippen LogP contribution is 2.30. The van der Waals surface area contributed by atoms with Crippen LogP contribution >= 0.6 is 0 Å². The molecular weight excluding hydrogens is 250 g/mol. The third kappa shape index (κ3) is 2.89. The minimum atomic E-state index is 0.0711. The van der Waals surface area contributed by atoms with Gasteiger partial charge >= 0.3 is 0 Å². The number of aryl methyl sites for hydroxylation is 1. The van der Waals surface area contributed by atoms with Crippen molar-refractivity contribution in [2.75, 3.05) is 13.7 Å². The van der Waals surface area contributed by atoms with Crippen molar-refractivity contribution in [3.8, 4) is 0 Å². The molecule has 110 valence electrons. The smallest absolute Gasteiger partial charge is 0.137 e. The number of rotatable bonds is 6. The molecule has 0 amide bonds. The Balaban J connectivity index is 2.40. The number of ether oxygens (including phenoxy) is 1. The molecule has 0 aliphatic carbocycles. The SMILES string of the molecule is CCOC(C(C)C)C(NC)c1cc2cccc(C)c2o1. The second kappa shape index (κ2) is 6.42. The van der Waals surface area contributed by atoms with Gasteiger partial charge in [0.2, 0.25) is 0 Å². The first-order chi connectivity index (χ1) is 9.58. The molecule has 0 fully saturated rings. The van der Waals surface area contributed by atoms with Crippen molar-refractivity contribution in [3.05, 3.63) is 35.6 Å². The summed E-state index contributed by atoms with van der Waals surface area (Å²) >= 11 is 0. The van der Waals surface area contributed by atoms with Gasteiger partial charge in [0.05, 0.1) is 12.1 Å². The lowest BCUT2D eigenvalue weighted by Crippen LogP contribution is -2.35. The van der Waals surface area contributed by atoms with Crippen molar-refractivity contribution in [2.45, 2.75) is 39.8 Å². The molecule has 1 heterocycles. The number of nitrogens with one attached hydrogen (secondary N) is 1. The molecule has 0 bridgehead atoms. The first-order valence-corrected chi connectivity index (χ1v) is 7.36. The zero-order chi connectivity index (χ0) is 14.7. The van der Waals surface area contributed by atoms with Gasteiger partial charge in [-0.15, -0.1) is 0 Å². The Labute approximate surface area is 121 Å². The van der Waals surface area contributed by atoms with E-state index in [0.717, 1.165) is 16.7 Å². The van der Waals surface area contributed by atoms with E-state index in [0.29, 0.717) is 12.5 Å². The van der Waals surface area contributed by atoms with E-state index in [1.807, 2.05) is 14.0 Å². The predicted molar refractivity (Wildman–Crippen MR) is 83.0 cm³/mol. The molecule has 1 N–H and O–H groups in total. The van der Waals surface area contributed by atoms with Gasteiger partial charge in [-0.3, -0.25) is 0 Å². The molecule has 2 atom stereocenters. The van der Waals surface area contributed by atoms with Crippen molar-refractivity contribution in [3.63, 3.8) is 0 Å². The average molecular weight is 275 g/mol. The number of furan rings is 1. The Morgan fingerprint density at radius 3 is 2.60 bits per heavy atom. The van der Waals surface area contributed by atoms with Crippen LogP contribution in [0.25, 0.3) is 11.0 Å². The highest BCUT2D eigenvalue weighted by atomic mass is 16.5. The number of fused-ring (bicyclic) bond motifs is 1. The Morgan fingerprint density at radius 1 is 1.30 bits per heavy atom. The van der Waals surface area contributed by atoms with Gasteiger partial charge in [0.25, 0.3) is 0 Å². The molecule has 2 aromatic rings. The summed E-state index contributed by atoms with van der Waals surface area (Å²) in [5.74, 6) is 1.37. The second-order valence-corrected chi connectivity index (χ2v) is 5.57. The van der Waals surface area contributed by atoms with Crippen molar-refractivity contribution in [1.82, 2.24) is 5.32 Å². The molecule has 1 aromatic carbocycles. The van der Waals surface area contributed by atoms with E-state index < -0.39 is 0 Å². The van der Waals surface area contributed by atoms with Crippen molar-refractivity contribution >= 4 is 11.0 Å². The van der Waals surface area contributed by atoms with Gasteiger partial charge in [-0.05, 0) is 38.4 Å². The monoisotopic (exact) mass is 275 g/mol. The van der Waals surface area contributed by atoms with Crippen LogP contribution in [0, 0.1) is 12.8 Å². The fourth-order valence-corrected chi connectivity index (χ4v) is 2.72. The van der Waals surface area contributed by atoms with Crippen LogP contribution in [0.15, 0.2) is 28.7 Å². The third-order valence-corrected chi connectivity index (χ3v) is 3.72. The molecule has 3 heteroatoms. The summed E-state index contributed by atoms with van der Waals surface area (Å²) in [5.41, 5.74) is 2.14. The third-order valence-electron chi connectivity index (χ3n) is 3.72. The van der Waals surface area contributed by atoms with Crippen LogP contribution in [0.3, 0.4) is 0 Å². The summed E-state index contributed by atoms with van der Waals surface area (Å²) in [6.07, 6.45) is 0.103. The fraction of sp³-hybridized carbons (Fsp3) is 0.529. The van der Waals surface area contributed by atoms with E-state index >= 15 is 0 Å². The van der Waals surface area contributed by atoms with Gasteiger partial charge in [-0.25, -0.2) is 0 Å². The lowest BCUT2D eigenvalue weighted by atomic mass is 9.97. The summed E-state index contributed by atoms with van der Waals surface area (Å²) in [5, 5.41) is 4.50. The molecule has 0 spiro atoms. The zero-order valence-electron chi connectivity index (χ0n) is 13.1. The number of hydrogen-bond acceptors (Lipinski definition) is 3. The minimum absolute atomic E-state index is 0.0711. The summed E-state index contributed by atoms with van der Waals surface area (Å²) in [4.78, 5) is 0. The van der Waals surface area contributed by atoms with Crippen LogP contribution in [-0.2, 0) is 4.74 Å². The van der Waals surface area contributed by atoms with Gasteiger partial charge in [-0.2, -0.15) is 0 Å². The Kier molecular flexibility index (Phi) is 4.84. The molecule has 0 aliphatic rings. The van der Waals surface area contributed by atoms with Crippen molar-refractivity contribution < 1.29 is 9.15 Å². The van der Waals surface area contributed by atoms with Gasteiger partial charge < -0.3 is 14.5 Å². The lowest BCUT2D eigenvalue weighted by Gasteiger charge is -2.28. The maximum atomic E-state index is 6.09. The number of hydrogen-bond donors (Lipinski definition) is 1. The largest absolute Gasteiger partial charge is 0.459 e. The maximum Gasteiger partial charge on any atom is 0.137 e. The van der Waals surface area contributed by atoms with Gasteiger partial charge in [0, 0.05) is 12.0 Å². The topological polar surface area (TPSA) is 34.4 Å². The normalized spacial score (nSPS) is 14.9. The number of likely N-dealkylation sites (N-methyl/N-ethyl adjacent to an activating group) is 1. The second-order valence-electron chi connectivity index (χ2n) is 5.57. The summed E-state index contributed by atoms with van der Waals surface area (Å²) < 4.78 is 12.0. The van der Waals surface area contributed by atoms with E-state index in [4.69, 9.17) is 9.15 Å². The van der Waals surface area contributed by atoms with Crippen molar-refractivity contribution in [2.24, 2.45) is 5.92 Å². The maximum absolute atomic E-state index is 6.09. The molecule has 2 unspecified atom stereocenters. The number of benzene rings is 1. The van der Waals surface area contributed by atoms with Gasteiger partial charge in [-0.1, -0.05) is 32.0 Å². The quantitative estimate of drug-likeness (QED) is 0.863. The molecule has 0 aliphatic heterocycles. The summed E-state index contributed by atoms with van der Waals surface area (Å²) in [6.45, 7) is 9.18. The molecule has 2 rings (SSSR count). The fourth-order valence-electron chi connectivity index (χ4n) is 2.72. The van der Waals surface area contributed by atoms with Gasteiger partial charge in [0.15, 0.2) is 0 Å². The average Bonchev–Trinajstić information content (AvgIpc) is 2.83. The Morgan fingerprint density at radius 2 is 2.05 bits per heavy atom. The summed E-state index contributed by atoms with van der Waals surface area (Å²) in [7, 11) is 1.96. The highest BCUT2D eigenvalue weighted by molar-refractivity contribution is 5.81. The van der Waals surface area contributed by atoms with E-state index in [-0.39, 0.29) is 12.1 Å². The van der Waals surface area contributed by atoms with Crippen molar-refractivity contribution in [1.29, 1.82) is 0 Å². The standard InChI is InChI=1S/C17H25NO2/c1-6-19-16(11(2)3)15(18-5)14-10-13-9-7-8-12(4)17(13)20-14/h7-11,15-16,18H,6H2,1-5H3. The van der Waals surface area contributed by atoms with E-state index in [9.17, 15) is 0 Å². The Hall–Kier alpha value is -1.32. The minimum Gasteiger partial charge on any atom is -0.459 e. The van der Waals surface area contributed by atoms with Crippen LogP contribution in [-0.4, -0.2) is 19.8 Å². The van der Waals surface area contributed by atoms with Crippen LogP contribution in [0.5, 0.6) is 0 Å². The first kappa shape index (κ1) is 15.1. The molecular formula is C17H25NO2. The predicted octanol–water partition coefficient (Wildman–Crippen LogP) is 4.06. The summed E-state index contributed by atoms with van der Waals surface area (Å²) in [6, 6.07) is 8.42. The van der Waals surface area contributed by atoms with E-state index in [2.05, 4.69) is 50.4 Å². The molecule has 1 aromatic heterocycles. The molecule has 0 radical (unpaired) electrons. The highest BCUT2D eigenvalue weighted by Gasteiger charge is 2.28. The van der Waals surface area contributed by atoms with Crippen LogP contribution in [0.4, 0.5) is 0 Å². The van der Waals surface area contributed by atoms with Crippen LogP contribution in [0.2, 0.25) is 0 Å². The van der Waals surface area contributed by atoms with Crippen LogP contribution < -0.4 is 5.32 Å². The lowest BCUT2D eigenvalue weighted by molar-refractivity contribution is -0.00000853. The first-order valence-electron chi connectivity index (χ1n) is 7.36. The zero-order valence-corrected chi connectivity index (χ0v) is 13.1. The van der Waals surface area contributed by atoms with Crippen LogP contribution in [0.1, 0.15) is 38.1 Å².